The lowest BCUT2D eigenvalue weighted by molar-refractivity contribution is 0.0388. The van der Waals surface area contributed by atoms with E-state index in [1.165, 1.54) is 0 Å². The first-order chi connectivity index (χ1) is 13.4. The first-order valence-corrected chi connectivity index (χ1v) is 9.91. The summed E-state index contributed by atoms with van der Waals surface area (Å²) < 4.78 is 22.5. The van der Waals surface area contributed by atoms with Crippen molar-refractivity contribution < 1.29 is 23.4 Å². The molecule has 0 aliphatic carbocycles. The molecule has 0 saturated heterocycles. The molecule has 3 aromatic rings. The van der Waals surface area contributed by atoms with E-state index in [2.05, 4.69) is 15.9 Å². The Morgan fingerprint density at radius 2 is 1.93 bits per heavy atom. The molecule has 0 bridgehead atoms. The van der Waals surface area contributed by atoms with Gasteiger partial charge in [-0.05, 0) is 52.7 Å². The summed E-state index contributed by atoms with van der Waals surface area (Å²) in [5, 5.41) is 1.56. The van der Waals surface area contributed by atoms with Crippen molar-refractivity contribution >= 4 is 56.1 Å². The summed E-state index contributed by atoms with van der Waals surface area (Å²) in [7, 11) is 1.54. The van der Waals surface area contributed by atoms with Crippen LogP contribution in [-0.2, 0) is 16.1 Å². The van der Waals surface area contributed by atoms with E-state index in [0.29, 0.717) is 49.2 Å². The summed E-state index contributed by atoms with van der Waals surface area (Å²) in [4.78, 5) is 12.4. The van der Waals surface area contributed by atoms with Gasteiger partial charge in [0.1, 0.15) is 35.9 Å². The second-order valence-electron chi connectivity index (χ2n) is 5.98. The lowest BCUT2D eigenvalue weighted by Gasteiger charge is -2.10. The fourth-order valence-electron chi connectivity index (χ4n) is 2.67. The van der Waals surface area contributed by atoms with Crippen molar-refractivity contribution in [2.45, 2.75) is 13.5 Å². The predicted molar refractivity (Wildman–Crippen MR) is 112 cm³/mol. The standard InChI is InChI=1S/C20H17BrCl2O5/c1-11-19(20(24)26-6-5-25-2)13-8-18(14(21)9-17(13)28-11)27-10-12-3-4-15(22)16(23)7-12/h3-4,7-9H,5-6,10H2,1-2H3. The third kappa shape index (κ3) is 4.63. The van der Waals surface area contributed by atoms with Crippen LogP contribution in [-0.4, -0.2) is 26.3 Å². The summed E-state index contributed by atoms with van der Waals surface area (Å²) in [6, 6.07) is 8.81. The second-order valence-corrected chi connectivity index (χ2v) is 7.65. The van der Waals surface area contributed by atoms with Crippen molar-refractivity contribution in [3.8, 4) is 5.75 Å². The Balaban J connectivity index is 1.86. The van der Waals surface area contributed by atoms with E-state index >= 15 is 0 Å². The summed E-state index contributed by atoms with van der Waals surface area (Å²) >= 11 is 15.5. The van der Waals surface area contributed by atoms with Crippen molar-refractivity contribution in [1.29, 1.82) is 0 Å². The number of aryl methyl sites for hydroxylation is 1. The molecule has 1 aromatic heterocycles. The van der Waals surface area contributed by atoms with Crippen LogP contribution in [0.3, 0.4) is 0 Å². The van der Waals surface area contributed by atoms with Crippen LogP contribution < -0.4 is 4.74 Å². The quantitative estimate of drug-likeness (QED) is 0.293. The molecule has 3 rings (SSSR count). The van der Waals surface area contributed by atoms with Crippen LogP contribution in [0, 0.1) is 6.92 Å². The molecule has 0 radical (unpaired) electrons. The largest absolute Gasteiger partial charge is 0.488 e. The number of hydrogen-bond acceptors (Lipinski definition) is 5. The van der Waals surface area contributed by atoms with Gasteiger partial charge in [0, 0.05) is 12.5 Å². The van der Waals surface area contributed by atoms with Gasteiger partial charge < -0.3 is 18.6 Å². The molecular weight excluding hydrogens is 471 g/mol. The maximum absolute atomic E-state index is 12.4. The molecule has 0 atom stereocenters. The third-order valence-electron chi connectivity index (χ3n) is 4.02. The molecule has 0 saturated carbocycles. The van der Waals surface area contributed by atoms with Crippen LogP contribution in [0.5, 0.6) is 5.75 Å². The van der Waals surface area contributed by atoms with Gasteiger partial charge in [0.2, 0.25) is 0 Å². The summed E-state index contributed by atoms with van der Waals surface area (Å²) in [6.07, 6.45) is 0. The zero-order chi connectivity index (χ0) is 20.3. The Bertz CT molecular complexity index is 1020. The molecular formula is C20H17BrCl2O5. The zero-order valence-corrected chi connectivity index (χ0v) is 18.3. The van der Waals surface area contributed by atoms with Gasteiger partial charge in [0.05, 0.1) is 21.1 Å². The van der Waals surface area contributed by atoms with E-state index in [9.17, 15) is 4.79 Å². The lowest BCUT2D eigenvalue weighted by atomic mass is 10.1. The fraction of sp³-hybridized carbons (Fsp3) is 0.250. The van der Waals surface area contributed by atoms with E-state index in [4.69, 9.17) is 41.8 Å². The molecule has 0 amide bonds. The van der Waals surface area contributed by atoms with Crippen molar-refractivity contribution in [2.75, 3.05) is 20.3 Å². The van der Waals surface area contributed by atoms with Crippen LogP contribution in [0.1, 0.15) is 21.7 Å². The molecule has 0 spiro atoms. The molecule has 5 nitrogen and oxygen atoms in total. The maximum Gasteiger partial charge on any atom is 0.342 e. The highest BCUT2D eigenvalue weighted by molar-refractivity contribution is 9.10. The second kappa shape index (κ2) is 9.18. The van der Waals surface area contributed by atoms with Gasteiger partial charge in [0.25, 0.3) is 0 Å². The van der Waals surface area contributed by atoms with Crippen LogP contribution in [0.25, 0.3) is 11.0 Å². The lowest BCUT2D eigenvalue weighted by Crippen LogP contribution is -2.10. The van der Waals surface area contributed by atoms with Crippen molar-refractivity contribution in [3.05, 3.63) is 61.7 Å². The molecule has 148 valence electrons. The van der Waals surface area contributed by atoms with Gasteiger partial charge in [-0.1, -0.05) is 29.3 Å². The molecule has 28 heavy (non-hydrogen) atoms. The fourth-order valence-corrected chi connectivity index (χ4v) is 3.42. The Labute approximate surface area is 180 Å². The molecule has 1 heterocycles. The van der Waals surface area contributed by atoms with E-state index in [0.717, 1.165) is 5.56 Å². The Morgan fingerprint density at radius 1 is 1.14 bits per heavy atom. The molecule has 0 N–H and O–H groups in total. The first kappa shape index (κ1) is 21.0. The molecule has 0 aliphatic rings. The summed E-state index contributed by atoms with van der Waals surface area (Å²) in [5.41, 5.74) is 1.80. The van der Waals surface area contributed by atoms with E-state index in [1.54, 1.807) is 38.3 Å². The Hall–Kier alpha value is -1.73. The number of benzene rings is 2. The van der Waals surface area contributed by atoms with Gasteiger partial charge in [-0.2, -0.15) is 0 Å². The number of rotatable bonds is 7. The molecule has 0 unspecified atom stereocenters. The van der Waals surface area contributed by atoms with Crippen LogP contribution >= 0.6 is 39.1 Å². The van der Waals surface area contributed by atoms with E-state index in [-0.39, 0.29) is 13.2 Å². The average molecular weight is 488 g/mol. The van der Waals surface area contributed by atoms with Crippen LogP contribution in [0.15, 0.2) is 39.2 Å². The maximum atomic E-state index is 12.4. The van der Waals surface area contributed by atoms with Crippen molar-refractivity contribution in [1.82, 2.24) is 0 Å². The minimum Gasteiger partial charge on any atom is -0.488 e. The highest BCUT2D eigenvalue weighted by Gasteiger charge is 2.21. The SMILES string of the molecule is COCCOC(=O)c1c(C)oc2cc(Br)c(OCc3ccc(Cl)c(Cl)c3)cc12. The Kier molecular flexibility index (Phi) is 6.88. The van der Waals surface area contributed by atoms with Gasteiger partial charge in [-0.15, -0.1) is 0 Å². The topological polar surface area (TPSA) is 57.9 Å². The highest BCUT2D eigenvalue weighted by Crippen LogP contribution is 2.36. The monoisotopic (exact) mass is 486 g/mol. The third-order valence-corrected chi connectivity index (χ3v) is 5.38. The summed E-state index contributed by atoms with van der Waals surface area (Å²) in [6.45, 7) is 2.49. The van der Waals surface area contributed by atoms with Gasteiger partial charge >= 0.3 is 5.97 Å². The van der Waals surface area contributed by atoms with Crippen LogP contribution in [0.2, 0.25) is 10.0 Å². The summed E-state index contributed by atoms with van der Waals surface area (Å²) in [5.74, 6) is 0.572. The number of esters is 1. The molecule has 0 fully saturated rings. The van der Waals surface area contributed by atoms with Gasteiger partial charge in [-0.3, -0.25) is 0 Å². The number of carbonyl (C=O) groups is 1. The minimum absolute atomic E-state index is 0.165. The number of halogens is 3. The smallest absolute Gasteiger partial charge is 0.342 e. The van der Waals surface area contributed by atoms with E-state index in [1.807, 2.05) is 6.07 Å². The van der Waals surface area contributed by atoms with Crippen molar-refractivity contribution in [3.63, 3.8) is 0 Å². The van der Waals surface area contributed by atoms with Gasteiger partial charge in [0.15, 0.2) is 0 Å². The van der Waals surface area contributed by atoms with Crippen LogP contribution in [0.4, 0.5) is 0 Å². The molecule has 8 heteroatoms. The number of carbonyl (C=O) groups excluding carboxylic acids is 1. The van der Waals surface area contributed by atoms with E-state index < -0.39 is 5.97 Å². The number of hydrogen-bond donors (Lipinski definition) is 0. The molecule has 0 aliphatic heterocycles. The molecule has 2 aromatic carbocycles. The number of methoxy groups -OCH3 is 1. The highest BCUT2D eigenvalue weighted by atomic mass is 79.9. The first-order valence-electron chi connectivity index (χ1n) is 8.36. The Morgan fingerprint density at radius 3 is 2.64 bits per heavy atom. The zero-order valence-electron chi connectivity index (χ0n) is 15.2. The number of ether oxygens (including phenoxy) is 3. The van der Waals surface area contributed by atoms with Crippen molar-refractivity contribution in [2.24, 2.45) is 0 Å². The number of fused-ring (bicyclic) bond motifs is 1. The number of furan rings is 1. The minimum atomic E-state index is -0.467. The normalized spacial score (nSPS) is 11.0. The predicted octanol–water partition coefficient (Wildman–Crippen LogP) is 6.19. The average Bonchev–Trinajstić information content (AvgIpc) is 2.97. The van der Waals surface area contributed by atoms with Gasteiger partial charge in [-0.25, -0.2) is 4.79 Å².